The van der Waals surface area contributed by atoms with Gasteiger partial charge in [0.05, 0.1) is 17.9 Å². The second-order valence-electron chi connectivity index (χ2n) is 4.50. The summed E-state index contributed by atoms with van der Waals surface area (Å²) < 4.78 is 2.05. The minimum Gasteiger partial charge on any atom is -0.379 e. The normalized spacial score (nSPS) is 10.6. The SMILES string of the molecule is CCc1cccc(NCc2cc(C)nn2CC)c1. The highest BCUT2D eigenvalue weighted by Crippen LogP contribution is 2.13. The fourth-order valence-electron chi connectivity index (χ4n) is 2.11. The number of nitrogens with zero attached hydrogens (tertiary/aromatic N) is 2. The molecule has 1 aromatic carbocycles. The van der Waals surface area contributed by atoms with Crippen molar-refractivity contribution in [2.75, 3.05) is 5.32 Å². The Morgan fingerprint density at radius 3 is 2.78 bits per heavy atom. The molecule has 0 unspecified atom stereocenters. The Hall–Kier alpha value is -1.77. The van der Waals surface area contributed by atoms with Crippen LogP contribution in [0.1, 0.15) is 30.8 Å². The van der Waals surface area contributed by atoms with Crippen molar-refractivity contribution in [2.45, 2.75) is 40.3 Å². The van der Waals surface area contributed by atoms with Crippen LogP contribution in [-0.4, -0.2) is 9.78 Å². The van der Waals surface area contributed by atoms with Crippen LogP contribution in [0.5, 0.6) is 0 Å². The average Bonchev–Trinajstić information content (AvgIpc) is 2.77. The van der Waals surface area contributed by atoms with Crippen molar-refractivity contribution in [2.24, 2.45) is 0 Å². The van der Waals surface area contributed by atoms with E-state index in [0.717, 1.165) is 25.2 Å². The van der Waals surface area contributed by atoms with E-state index in [-0.39, 0.29) is 0 Å². The standard InChI is InChI=1S/C15H21N3/c1-4-13-7-6-8-14(10-13)16-11-15-9-12(3)17-18(15)5-2/h6-10,16H,4-5,11H2,1-3H3. The van der Waals surface area contributed by atoms with E-state index in [0.29, 0.717) is 0 Å². The minimum absolute atomic E-state index is 0.821. The summed E-state index contributed by atoms with van der Waals surface area (Å²) in [6.45, 7) is 8.07. The molecule has 0 aliphatic carbocycles. The molecule has 0 amide bonds. The second kappa shape index (κ2) is 5.71. The van der Waals surface area contributed by atoms with Crippen molar-refractivity contribution in [1.29, 1.82) is 0 Å². The van der Waals surface area contributed by atoms with Gasteiger partial charge in [0, 0.05) is 12.2 Å². The van der Waals surface area contributed by atoms with Crippen LogP contribution in [0.3, 0.4) is 0 Å². The smallest absolute Gasteiger partial charge is 0.0597 e. The maximum absolute atomic E-state index is 4.45. The molecule has 0 radical (unpaired) electrons. The van der Waals surface area contributed by atoms with Crippen LogP contribution in [0, 0.1) is 6.92 Å². The summed E-state index contributed by atoms with van der Waals surface area (Å²) in [5.74, 6) is 0. The zero-order valence-corrected chi connectivity index (χ0v) is 11.4. The Kier molecular flexibility index (Phi) is 4.03. The second-order valence-corrected chi connectivity index (χ2v) is 4.50. The van der Waals surface area contributed by atoms with Gasteiger partial charge in [0.1, 0.15) is 0 Å². The Balaban J connectivity index is 2.06. The Labute approximate surface area is 109 Å². The molecule has 0 saturated carbocycles. The first-order valence-electron chi connectivity index (χ1n) is 6.59. The maximum atomic E-state index is 4.45. The molecule has 96 valence electrons. The van der Waals surface area contributed by atoms with Crippen molar-refractivity contribution in [3.63, 3.8) is 0 Å². The molecule has 0 aliphatic heterocycles. The summed E-state index contributed by atoms with van der Waals surface area (Å²) in [4.78, 5) is 0. The highest BCUT2D eigenvalue weighted by atomic mass is 15.3. The van der Waals surface area contributed by atoms with Gasteiger partial charge in [-0.25, -0.2) is 0 Å². The minimum atomic E-state index is 0.821. The van der Waals surface area contributed by atoms with Gasteiger partial charge in [0.15, 0.2) is 0 Å². The zero-order chi connectivity index (χ0) is 13.0. The first-order chi connectivity index (χ1) is 8.72. The van der Waals surface area contributed by atoms with Crippen LogP contribution >= 0.6 is 0 Å². The molecule has 3 heteroatoms. The van der Waals surface area contributed by atoms with E-state index >= 15 is 0 Å². The first-order valence-corrected chi connectivity index (χ1v) is 6.59. The van der Waals surface area contributed by atoms with E-state index in [4.69, 9.17) is 0 Å². The Morgan fingerprint density at radius 1 is 1.22 bits per heavy atom. The molecular formula is C15H21N3. The molecular weight excluding hydrogens is 222 g/mol. The summed E-state index contributed by atoms with van der Waals surface area (Å²) in [6.07, 6.45) is 1.07. The lowest BCUT2D eigenvalue weighted by molar-refractivity contribution is 0.623. The number of nitrogens with one attached hydrogen (secondary N) is 1. The number of anilines is 1. The van der Waals surface area contributed by atoms with Gasteiger partial charge in [-0.15, -0.1) is 0 Å². The van der Waals surface area contributed by atoms with Crippen molar-refractivity contribution in [3.8, 4) is 0 Å². The van der Waals surface area contributed by atoms with Crippen molar-refractivity contribution in [3.05, 3.63) is 47.3 Å². The first kappa shape index (κ1) is 12.7. The summed E-state index contributed by atoms with van der Waals surface area (Å²) in [7, 11) is 0. The molecule has 0 saturated heterocycles. The summed E-state index contributed by atoms with van der Waals surface area (Å²) in [5, 5.41) is 7.91. The molecule has 2 rings (SSSR count). The predicted molar refractivity (Wildman–Crippen MR) is 75.8 cm³/mol. The maximum Gasteiger partial charge on any atom is 0.0597 e. The van der Waals surface area contributed by atoms with Crippen LogP contribution in [0.4, 0.5) is 5.69 Å². The Morgan fingerprint density at radius 2 is 2.06 bits per heavy atom. The highest BCUT2D eigenvalue weighted by molar-refractivity contribution is 5.46. The highest BCUT2D eigenvalue weighted by Gasteiger charge is 2.03. The summed E-state index contributed by atoms with van der Waals surface area (Å²) >= 11 is 0. The van der Waals surface area contributed by atoms with Crippen LogP contribution in [0.25, 0.3) is 0 Å². The largest absolute Gasteiger partial charge is 0.379 e. The van der Waals surface area contributed by atoms with Crippen LogP contribution < -0.4 is 5.32 Å². The summed E-state index contributed by atoms with van der Waals surface area (Å²) in [6, 6.07) is 10.7. The van der Waals surface area contributed by atoms with Crippen molar-refractivity contribution < 1.29 is 0 Å². The van der Waals surface area contributed by atoms with E-state index < -0.39 is 0 Å². The number of hydrogen-bond acceptors (Lipinski definition) is 2. The third-order valence-corrected chi connectivity index (χ3v) is 3.09. The fourth-order valence-corrected chi connectivity index (χ4v) is 2.11. The van der Waals surface area contributed by atoms with Gasteiger partial charge >= 0.3 is 0 Å². The Bertz CT molecular complexity index is 514. The molecule has 0 spiro atoms. The van der Waals surface area contributed by atoms with Gasteiger partial charge in [-0.05, 0) is 44.0 Å². The molecule has 18 heavy (non-hydrogen) atoms. The third-order valence-electron chi connectivity index (χ3n) is 3.09. The van der Waals surface area contributed by atoms with E-state index in [1.165, 1.54) is 16.9 Å². The monoisotopic (exact) mass is 243 g/mol. The molecule has 1 N–H and O–H groups in total. The van der Waals surface area contributed by atoms with Gasteiger partial charge < -0.3 is 5.32 Å². The van der Waals surface area contributed by atoms with Gasteiger partial charge in [-0.2, -0.15) is 5.10 Å². The van der Waals surface area contributed by atoms with Crippen molar-refractivity contribution >= 4 is 5.69 Å². The molecule has 3 nitrogen and oxygen atoms in total. The fraction of sp³-hybridized carbons (Fsp3) is 0.400. The average molecular weight is 243 g/mol. The number of aryl methyl sites for hydroxylation is 3. The van der Waals surface area contributed by atoms with E-state index in [1.54, 1.807) is 0 Å². The number of aromatic nitrogens is 2. The van der Waals surface area contributed by atoms with Gasteiger partial charge in [0.2, 0.25) is 0 Å². The molecule has 0 atom stereocenters. The lowest BCUT2D eigenvalue weighted by Gasteiger charge is -2.09. The molecule has 1 heterocycles. The van der Waals surface area contributed by atoms with Crippen LogP contribution in [0.2, 0.25) is 0 Å². The molecule has 0 fully saturated rings. The quantitative estimate of drug-likeness (QED) is 0.872. The van der Waals surface area contributed by atoms with Crippen LogP contribution in [-0.2, 0) is 19.5 Å². The lowest BCUT2D eigenvalue weighted by atomic mass is 10.1. The zero-order valence-electron chi connectivity index (χ0n) is 11.4. The van der Waals surface area contributed by atoms with E-state index in [9.17, 15) is 0 Å². The number of hydrogen-bond donors (Lipinski definition) is 1. The lowest BCUT2D eigenvalue weighted by Crippen LogP contribution is -2.07. The van der Waals surface area contributed by atoms with Gasteiger partial charge in [0.25, 0.3) is 0 Å². The topological polar surface area (TPSA) is 29.9 Å². The molecule has 0 aliphatic rings. The molecule has 2 aromatic rings. The van der Waals surface area contributed by atoms with Gasteiger partial charge in [-0.1, -0.05) is 19.1 Å². The number of benzene rings is 1. The number of rotatable bonds is 5. The third kappa shape index (κ3) is 2.92. The summed E-state index contributed by atoms with van der Waals surface area (Å²) in [5.41, 5.74) is 4.85. The van der Waals surface area contributed by atoms with Gasteiger partial charge in [-0.3, -0.25) is 4.68 Å². The van der Waals surface area contributed by atoms with Crippen molar-refractivity contribution in [1.82, 2.24) is 9.78 Å². The predicted octanol–water partition coefficient (Wildman–Crippen LogP) is 3.39. The molecule has 1 aromatic heterocycles. The van der Waals surface area contributed by atoms with E-state index in [1.807, 2.05) is 11.6 Å². The van der Waals surface area contributed by atoms with E-state index in [2.05, 4.69) is 54.6 Å². The van der Waals surface area contributed by atoms with Crippen LogP contribution in [0.15, 0.2) is 30.3 Å². The molecule has 0 bridgehead atoms.